The molecule has 198 valence electrons. The highest BCUT2D eigenvalue weighted by Crippen LogP contribution is 2.45. The average Bonchev–Trinajstić information content (AvgIpc) is 3.44. The normalized spacial score (nSPS) is 12.2. The fourth-order valence-electron chi connectivity index (χ4n) is 5.93. The molecule has 2 heterocycles. The Labute approximate surface area is 227 Å². The minimum atomic E-state index is -4.00. The van der Waals surface area contributed by atoms with Crippen molar-refractivity contribution in [3.63, 3.8) is 0 Å². The van der Waals surface area contributed by atoms with Gasteiger partial charge >= 0.3 is 5.97 Å². The lowest BCUT2D eigenvalue weighted by atomic mass is 9.92. The lowest BCUT2D eigenvalue weighted by Crippen LogP contribution is -2.14. The van der Waals surface area contributed by atoms with E-state index in [1.165, 1.54) is 11.1 Å². The maximum Gasteiger partial charge on any atom is 0.338 e. The molecule has 7 heteroatoms. The van der Waals surface area contributed by atoms with Gasteiger partial charge < -0.3 is 9.30 Å². The Bertz CT molecular complexity index is 2030. The zero-order valence-corrected chi connectivity index (χ0v) is 23.3. The predicted octanol–water partition coefficient (Wildman–Crippen LogP) is 7.11. The molecular weight excluding hydrogens is 508 g/mol. The molecule has 0 saturated carbocycles. The Morgan fingerprint density at radius 3 is 2.10 bits per heavy atom. The molecule has 0 atom stereocenters. The molecule has 4 aromatic carbocycles. The van der Waals surface area contributed by atoms with Gasteiger partial charge in [-0.2, -0.15) is 0 Å². The lowest BCUT2D eigenvalue weighted by molar-refractivity contribution is 0.0602. The molecule has 0 N–H and O–H groups in total. The zero-order chi connectivity index (χ0) is 27.5. The van der Waals surface area contributed by atoms with Gasteiger partial charge in [0.2, 0.25) is 0 Å². The molecule has 0 radical (unpaired) electrons. The summed E-state index contributed by atoms with van der Waals surface area (Å²) < 4.78 is 37.8. The molecule has 0 unspecified atom stereocenters. The number of aryl methyl sites for hydroxylation is 3. The quantitative estimate of drug-likeness (QED) is 0.212. The molecule has 6 rings (SSSR count). The summed E-state index contributed by atoms with van der Waals surface area (Å²) >= 11 is 0. The lowest BCUT2D eigenvalue weighted by Gasteiger charge is -2.15. The van der Waals surface area contributed by atoms with E-state index in [1.54, 1.807) is 12.1 Å². The molecule has 39 heavy (non-hydrogen) atoms. The van der Waals surface area contributed by atoms with Gasteiger partial charge in [0.05, 0.1) is 34.1 Å². The number of aromatic nitrogens is 2. The molecule has 0 fully saturated rings. The third-order valence-electron chi connectivity index (χ3n) is 7.75. The van der Waals surface area contributed by atoms with Crippen LogP contribution < -0.4 is 0 Å². The number of carbonyl (C=O) groups is 1. The molecule has 2 aromatic heterocycles. The third-order valence-corrected chi connectivity index (χ3v) is 9.47. The second kappa shape index (κ2) is 9.27. The first-order chi connectivity index (χ1) is 18.8. The van der Waals surface area contributed by atoms with E-state index in [-0.39, 0.29) is 4.90 Å². The molecule has 0 aliphatic carbocycles. The molecule has 0 spiro atoms. The van der Waals surface area contributed by atoms with Crippen LogP contribution in [0.25, 0.3) is 43.6 Å². The number of unbranched alkanes of at least 4 members (excludes halogenated alkanes) is 1. The average molecular weight is 539 g/mol. The van der Waals surface area contributed by atoms with Crippen LogP contribution in [-0.2, 0) is 28.2 Å². The van der Waals surface area contributed by atoms with Crippen molar-refractivity contribution >= 4 is 59.6 Å². The van der Waals surface area contributed by atoms with Crippen molar-refractivity contribution in [2.24, 2.45) is 7.05 Å². The van der Waals surface area contributed by atoms with Crippen molar-refractivity contribution in [3.8, 4) is 0 Å². The van der Waals surface area contributed by atoms with E-state index < -0.39 is 16.0 Å². The fraction of sp³-hybridized carbons (Fsp3) is 0.219. The highest BCUT2D eigenvalue weighted by Gasteiger charge is 2.32. The minimum Gasteiger partial charge on any atom is -0.465 e. The monoisotopic (exact) mass is 538 g/mol. The largest absolute Gasteiger partial charge is 0.465 e. The summed E-state index contributed by atoms with van der Waals surface area (Å²) in [4.78, 5) is 13.8. The molecule has 0 saturated heterocycles. The van der Waals surface area contributed by atoms with E-state index in [0.717, 1.165) is 51.0 Å². The molecule has 0 aliphatic rings. The van der Waals surface area contributed by atoms with Crippen LogP contribution in [0, 0.1) is 6.92 Å². The van der Waals surface area contributed by atoms with Crippen LogP contribution >= 0.6 is 0 Å². The Morgan fingerprint density at radius 2 is 1.46 bits per heavy atom. The van der Waals surface area contributed by atoms with Gasteiger partial charge in [0.1, 0.15) is 0 Å². The number of methoxy groups -OCH3 is 1. The molecule has 6 aromatic rings. The third kappa shape index (κ3) is 3.60. The van der Waals surface area contributed by atoms with E-state index in [4.69, 9.17) is 4.74 Å². The maximum atomic E-state index is 14.5. The number of hydrogen-bond donors (Lipinski definition) is 0. The summed E-state index contributed by atoms with van der Waals surface area (Å²) in [5, 5.41) is 3.20. The summed E-state index contributed by atoms with van der Waals surface area (Å²) in [6.45, 7) is 4.04. The molecule has 0 amide bonds. The van der Waals surface area contributed by atoms with Crippen LogP contribution in [0.5, 0.6) is 0 Å². The number of rotatable bonds is 6. The fourth-order valence-corrected chi connectivity index (χ4v) is 7.45. The number of para-hydroxylation sites is 2. The number of ether oxygens (including phenoxy) is 1. The Balaban J connectivity index is 1.95. The standard InChI is InChI=1S/C32H30N2O4S/c1-5-6-11-24-27-23-13-8-10-15-26(23)34(39(36,37)21-18-16-20(2)17-19-21)31(27)30-28(29(24)32(35)38-4)22-12-7-9-14-25(22)33(30)3/h7-10,12-19H,5-6,11H2,1-4H3. The van der Waals surface area contributed by atoms with Gasteiger partial charge in [0.25, 0.3) is 10.0 Å². The van der Waals surface area contributed by atoms with Gasteiger partial charge in [-0.25, -0.2) is 17.2 Å². The number of benzene rings is 4. The second-order valence-electron chi connectivity index (χ2n) is 10.1. The van der Waals surface area contributed by atoms with Crippen molar-refractivity contribution in [1.29, 1.82) is 0 Å². The van der Waals surface area contributed by atoms with Gasteiger partial charge in [-0.1, -0.05) is 67.4 Å². The zero-order valence-electron chi connectivity index (χ0n) is 22.5. The summed E-state index contributed by atoms with van der Waals surface area (Å²) in [6.07, 6.45) is 2.39. The Morgan fingerprint density at radius 1 is 0.846 bits per heavy atom. The second-order valence-corrected chi connectivity index (χ2v) is 11.9. The predicted molar refractivity (Wildman–Crippen MR) is 157 cm³/mol. The van der Waals surface area contributed by atoms with Crippen LogP contribution in [0.1, 0.15) is 41.3 Å². The number of fused-ring (bicyclic) bond motifs is 7. The van der Waals surface area contributed by atoms with Gasteiger partial charge in [0, 0.05) is 34.1 Å². The summed E-state index contributed by atoms with van der Waals surface area (Å²) in [6, 6.07) is 22.4. The molecular formula is C32H30N2O4S. The molecule has 6 nitrogen and oxygen atoms in total. The van der Waals surface area contributed by atoms with Crippen LogP contribution in [0.4, 0.5) is 0 Å². The van der Waals surface area contributed by atoms with E-state index in [2.05, 4.69) is 6.92 Å². The van der Waals surface area contributed by atoms with Crippen molar-refractivity contribution in [2.75, 3.05) is 7.11 Å². The van der Waals surface area contributed by atoms with Gasteiger partial charge in [-0.3, -0.25) is 0 Å². The first-order valence-electron chi connectivity index (χ1n) is 13.2. The smallest absolute Gasteiger partial charge is 0.338 e. The van der Waals surface area contributed by atoms with E-state index >= 15 is 0 Å². The van der Waals surface area contributed by atoms with Gasteiger partial charge in [-0.05, 0) is 49.6 Å². The van der Waals surface area contributed by atoms with Crippen molar-refractivity contribution < 1.29 is 17.9 Å². The Hall–Kier alpha value is -4.10. The number of nitrogens with zero attached hydrogens (tertiary/aromatic N) is 2. The molecule has 0 aliphatic heterocycles. The van der Waals surface area contributed by atoms with Gasteiger partial charge in [0.15, 0.2) is 0 Å². The van der Waals surface area contributed by atoms with E-state index in [1.807, 2.05) is 79.2 Å². The summed E-state index contributed by atoms with van der Waals surface area (Å²) in [5.74, 6) is -0.414. The number of hydrogen-bond acceptors (Lipinski definition) is 4. The van der Waals surface area contributed by atoms with Crippen molar-refractivity contribution in [3.05, 3.63) is 89.5 Å². The van der Waals surface area contributed by atoms with Crippen molar-refractivity contribution in [2.45, 2.75) is 38.0 Å². The van der Waals surface area contributed by atoms with Crippen LogP contribution in [0.3, 0.4) is 0 Å². The topological polar surface area (TPSA) is 70.3 Å². The van der Waals surface area contributed by atoms with Crippen LogP contribution in [0.15, 0.2) is 77.7 Å². The maximum absolute atomic E-state index is 14.5. The summed E-state index contributed by atoms with van der Waals surface area (Å²) in [7, 11) is -0.671. The van der Waals surface area contributed by atoms with Crippen LogP contribution in [-0.4, -0.2) is 30.0 Å². The number of carbonyl (C=O) groups excluding carboxylic acids is 1. The van der Waals surface area contributed by atoms with Crippen molar-refractivity contribution in [1.82, 2.24) is 8.54 Å². The minimum absolute atomic E-state index is 0.217. The first-order valence-corrected chi connectivity index (χ1v) is 14.6. The SMILES string of the molecule is CCCCc1c(C(=O)OC)c2c3ccccc3n(C)c2c2c1c1ccccc1n2S(=O)(=O)c1ccc(C)cc1. The van der Waals surface area contributed by atoms with E-state index in [9.17, 15) is 13.2 Å². The van der Waals surface area contributed by atoms with Gasteiger partial charge in [-0.15, -0.1) is 0 Å². The Kier molecular flexibility index (Phi) is 5.99. The highest BCUT2D eigenvalue weighted by atomic mass is 32.2. The first kappa shape index (κ1) is 25.2. The van der Waals surface area contributed by atoms with Crippen LogP contribution in [0.2, 0.25) is 0 Å². The summed E-state index contributed by atoms with van der Waals surface area (Å²) in [5.41, 5.74) is 5.10. The molecule has 0 bridgehead atoms. The highest BCUT2D eigenvalue weighted by molar-refractivity contribution is 7.90. The number of esters is 1. The van der Waals surface area contributed by atoms with E-state index in [0.29, 0.717) is 28.5 Å².